The smallest absolute Gasteiger partial charge is 0.490 e. The highest BCUT2D eigenvalue weighted by atomic mass is 19.4. The van der Waals surface area contributed by atoms with Crippen LogP contribution in [0.2, 0.25) is 0 Å². The second kappa shape index (κ2) is 19.7. The number of alkyl halides is 18. The summed E-state index contributed by atoms with van der Waals surface area (Å²) in [6.07, 6.45) is -27.1. The number of unbranched alkanes of at least 4 members (excludes halogenated alkanes) is 8. The first kappa shape index (κ1) is 52.2. The van der Waals surface area contributed by atoms with E-state index in [1.807, 2.05) is 6.92 Å². The number of hydrogen-bond acceptors (Lipinski definition) is 3. The van der Waals surface area contributed by atoms with Crippen LogP contribution in [-0.2, 0) is 37.1 Å². The van der Waals surface area contributed by atoms with Crippen LogP contribution in [0.3, 0.4) is 0 Å². The van der Waals surface area contributed by atoms with Crippen molar-refractivity contribution >= 4 is 7.32 Å². The lowest BCUT2D eigenvalue weighted by Crippen LogP contribution is -2.42. The molecule has 0 radical (unpaired) electrons. The van der Waals surface area contributed by atoms with E-state index in [9.17, 15) is 79.0 Å². The lowest BCUT2D eigenvalue weighted by molar-refractivity contribution is -0.902. The topological polar surface area (TPSA) is 27.7 Å². The Labute approximate surface area is 344 Å². The molecule has 0 aliphatic carbocycles. The van der Waals surface area contributed by atoms with Crippen LogP contribution in [0.1, 0.15) is 116 Å². The standard InChI is InChI=1S/C39H41BF18NO3/c1-5-6-7-8-9-10-11-12-13-14-31(59(2,3)4)33-30(39(56,57)58)21-27(38(53,54)55)22-32(33)62-40(60-28-17-23(34(41,42)43)15-24(18-28)35(44,45)46)61-29-19-25(36(47,48)49)16-26(20-29)37(50,51)52/h15-22,31H,5-14H2,1-4H3/q+1. The van der Waals surface area contributed by atoms with Gasteiger partial charge in [0.05, 0.1) is 60.1 Å². The molecule has 3 rings (SSSR count). The summed E-state index contributed by atoms with van der Waals surface area (Å²) in [4.78, 5) is 0. The van der Waals surface area contributed by atoms with Crippen LogP contribution in [0.25, 0.3) is 0 Å². The summed E-state index contributed by atoms with van der Waals surface area (Å²) in [5, 5.41) is 0. The molecule has 0 spiro atoms. The minimum absolute atomic E-state index is 0.0379. The monoisotopic (exact) mass is 924 g/mol. The van der Waals surface area contributed by atoms with Crippen LogP contribution in [0.5, 0.6) is 17.2 Å². The summed E-state index contributed by atoms with van der Waals surface area (Å²) >= 11 is 0. The van der Waals surface area contributed by atoms with Crippen molar-refractivity contribution < 1.29 is 97.5 Å². The molecule has 0 amide bonds. The van der Waals surface area contributed by atoms with Gasteiger partial charge >= 0.3 is 44.4 Å². The summed E-state index contributed by atoms with van der Waals surface area (Å²) in [5.74, 6) is -4.64. The molecule has 62 heavy (non-hydrogen) atoms. The third-order valence-corrected chi connectivity index (χ3v) is 9.43. The zero-order valence-corrected chi connectivity index (χ0v) is 33.3. The molecule has 0 saturated heterocycles. The minimum Gasteiger partial charge on any atom is -0.490 e. The predicted molar refractivity (Wildman–Crippen MR) is 190 cm³/mol. The molecule has 4 nitrogen and oxygen atoms in total. The van der Waals surface area contributed by atoms with Gasteiger partial charge < -0.3 is 18.4 Å². The van der Waals surface area contributed by atoms with Crippen molar-refractivity contribution in [3.63, 3.8) is 0 Å². The third kappa shape index (κ3) is 15.3. The van der Waals surface area contributed by atoms with Crippen LogP contribution in [0.4, 0.5) is 79.0 Å². The quantitative estimate of drug-likeness (QED) is 0.0551. The molecule has 1 atom stereocenters. The molecule has 0 heterocycles. The summed E-state index contributed by atoms with van der Waals surface area (Å²) in [7, 11) is 0.751. The van der Waals surface area contributed by atoms with Crippen molar-refractivity contribution in [3.8, 4) is 17.2 Å². The van der Waals surface area contributed by atoms with Crippen LogP contribution in [0, 0.1) is 0 Å². The molecule has 3 aromatic carbocycles. The SMILES string of the molecule is CCCCCCCCCCCC(c1c(OB(Oc2cc(C(F)(F)F)cc(C(F)(F)F)c2)Oc2cc(C(F)(F)F)cc(C(F)(F)F)c2)cc(C(F)(F)F)cc1C(F)(F)F)[N+](C)(C)C. The van der Waals surface area contributed by atoms with Crippen molar-refractivity contribution in [2.45, 2.75) is 114 Å². The summed E-state index contributed by atoms with van der Waals surface area (Å²) in [6.45, 7) is 2.02. The molecule has 0 fully saturated rings. The maximum absolute atomic E-state index is 14.9. The Morgan fingerprint density at radius 3 is 1.10 bits per heavy atom. The molecule has 23 heteroatoms. The van der Waals surface area contributed by atoms with Gasteiger partial charge in [-0.3, -0.25) is 0 Å². The largest absolute Gasteiger partial charge is 0.864 e. The van der Waals surface area contributed by atoms with E-state index in [0.29, 0.717) is 12.8 Å². The molecule has 0 aliphatic rings. The summed E-state index contributed by atoms with van der Waals surface area (Å²) in [5.41, 5.74) is -13.5. The van der Waals surface area contributed by atoms with Gasteiger partial charge in [0.2, 0.25) is 0 Å². The number of quaternary nitrogens is 1. The molecule has 1 unspecified atom stereocenters. The van der Waals surface area contributed by atoms with Crippen LogP contribution >= 0.6 is 0 Å². The molecule has 3 aromatic rings. The Morgan fingerprint density at radius 1 is 0.435 bits per heavy atom. The Morgan fingerprint density at radius 2 is 0.774 bits per heavy atom. The van der Waals surface area contributed by atoms with E-state index >= 15 is 0 Å². The highest BCUT2D eigenvalue weighted by Crippen LogP contribution is 2.48. The molecular weight excluding hydrogens is 883 g/mol. The van der Waals surface area contributed by atoms with Crippen LogP contribution in [-0.4, -0.2) is 32.9 Å². The van der Waals surface area contributed by atoms with E-state index in [0.717, 1.165) is 38.5 Å². The predicted octanol–water partition coefficient (Wildman–Crippen LogP) is 15.0. The lowest BCUT2D eigenvalue weighted by Gasteiger charge is -2.37. The molecule has 0 N–H and O–H groups in total. The highest BCUT2D eigenvalue weighted by molar-refractivity contribution is 6.39. The van der Waals surface area contributed by atoms with Crippen molar-refractivity contribution in [2.75, 3.05) is 21.1 Å². The van der Waals surface area contributed by atoms with Crippen molar-refractivity contribution in [1.82, 2.24) is 0 Å². The Bertz CT molecular complexity index is 1790. The van der Waals surface area contributed by atoms with Crippen LogP contribution in [0.15, 0.2) is 48.5 Å². The molecule has 0 aromatic heterocycles. The second-order valence-corrected chi connectivity index (χ2v) is 15.3. The Kier molecular flexibility index (Phi) is 16.6. The number of benzene rings is 3. The van der Waals surface area contributed by atoms with Crippen molar-refractivity contribution in [2.24, 2.45) is 0 Å². The molecule has 0 bridgehead atoms. The van der Waals surface area contributed by atoms with Gasteiger partial charge in [-0.15, -0.1) is 0 Å². The molecular formula is C39H41BF18NO3+. The molecule has 0 saturated carbocycles. The van der Waals surface area contributed by atoms with Gasteiger partial charge in [0.1, 0.15) is 23.3 Å². The van der Waals surface area contributed by atoms with Gasteiger partial charge in [0.15, 0.2) is 0 Å². The van der Waals surface area contributed by atoms with E-state index in [-0.39, 0.29) is 49.2 Å². The first-order valence-corrected chi connectivity index (χ1v) is 18.8. The van der Waals surface area contributed by atoms with Crippen LogP contribution < -0.4 is 14.0 Å². The number of rotatable bonds is 18. The Balaban J connectivity index is 2.34. The van der Waals surface area contributed by atoms with Gasteiger partial charge in [0, 0.05) is 6.42 Å². The fourth-order valence-corrected chi connectivity index (χ4v) is 6.42. The van der Waals surface area contributed by atoms with Gasteiger partial charge in [-0.1, -0.05) is 58.3 Å². The zero-order chi connectivity index (χ0) is 47.3. The highest BCUT2D eigenvalue weighted by Gasteiger charge is 2.47. The maximum Gasteiger partial charge on any atom is 0.864 e. The van der Waals surface area contributed by atoms with Crippen molar-refractivity contribution in [1.29, 1.82) is 0 Å². The number of nitrogens with zero attached hydrogens (tertiary/aromatic N) is 1. The van der Waals surface area contributed by atoms with E-state index in [2.05, 4.69) is 0 Å². The van der Waals surface area contributed by atoms with E-state index < -0.39 is 123 Å². The average molecular weight is 925 g/mol. The number of hydrogen-bond donors (Lipinski definition) is 0. The fourth-order valence-electron chi connectivity index (χ4n) is 6.42. The van der Waals surface area contributed by atoms with Crippen molar-refractivity contribution in [3.05, 3.63) is 87.5 Å². The van der Waals surface area contributed by atoms with E-state index in [4.69, 9.17) is 14.0 Å². The fraction of sp³-hybridized carbons (Fsp3) is 0.538. The van der Waals surface area contributed by atoms with E-state index in [1.165, 1.54) is 21.1 Å². The summed E-state index contributed by atoms with van der Waals surface area (Å²) < 4.78 is 267. The van der Waals surface area contributed by atoms with Gasteiger partial charge in [-0.05, 0) is 55.0 Å². The lowest BCUT2D eigenvalue weighted by atomic mass is 9.90. The van der Waals surface area contributed by atoms with E-state index in [1.54, 1.807) is 0 Å². The third-order valence-electron chi connectivity index (χ3n) is 9.43. The summed E-state index contributed by atoms with van der Waals surface area (Å²) in [6, 6.07) is -3.25. The average Bonchev–Trinajstić information content (AvgIpc) is 3.09. The normalized spacial score (nSPS) is 13.9. The number of halogens is 18. The van der Waals surface area contributed by atoms with Gasteiger partial charge in [-0.2, -0.15) is 79.0 Å². The first-order chi connectivity index (χ1) is 28.1. The Hall–Kier alpha value is -4.18. The maximum atomic E-state index is 14.9. The minimum atomic E-state index is -5.64. The van der Waals surface area contributed by atoms with Gasteiger partial charge in [0.25, 0.3) is 0 Å². The first-order valence-electron chi connectivity index (χ1n) is 18.8. The zero-order valence-electron chi connectivity index (χ0n) is 33.3. The molecule has 348 valence electrons. The molecule has 0 aliphatic heterocycles. The van der Waals surface area contributed by atoms with Gasteiger partial charge in [-0.25, -0.2) is 0 Å². The second-order valence-electron chi connectivity index (χ2n) is 15.3.